The van der Waals surface area contributed by atoms with Gasteiger partial charge in [-0.15, -0.1) is 11.6 Å². The molecule has 0 bridgehead atoms. The lowest BCUT2D eigenvalue weighted by atomic mass is 9.88. The van der Waals surface area contributed by atoms with Gasteiger partial charge in [0, 0.05) is 13.2 Å². The quantitative estimate of drug-likeness (QED) is 0.759. The van der Waals surface area contributed by atoms with Gasteiger partial charge in [-0.2, -0.15) is 0 Å². The van der Waals surface area contributed by atoms with Crippen LogP contribution in [0.15, 0.2) is 18.2 Å². The number of fused-ring (bicyclic) bond motifs is 1. The Kier molecular flexibility index (Phi) is 4.36. The highest BCUT2D eigenvalue weighted by Gasteiger charge is 2.33. The molecule has 5 heteroatoms. The highest BCUT2D eigenvalue weighted by Crippen LogP contribution is 2.39. The summed E-state index contributed by atoms with van der Waals surface area (Å²) in [5.74, 6) is 2.18. The number of rotatable bonds is 6. The molecule has 0 amide bonds. The van der Waals surface area contributed by atoms with Gasteiger partial charge in [0.25, 0.3) is 0 Å². The van der Waals surface area contributed by atoms with Crippen LogP contribution in [0.2, 0.25) is 0 Å². The van der Waals surface area contributed by atoms with Crippen molar-refractivity contribution in [3.63, 3.8) is 0 Å². The fourth-order valence-electron chi connectivity index (χ4n) is 2.91. The molecule has 21 heavy (non-hydrogen) atoms. The van der Waals surface area contributed by atoms with Crippen molar-refractivity contribution in [3.8, 4) is 5.75 Å². The van der Waals surface area contributed by atoms with Gasteiger partial charge in [0.2, 0.25) is 0 Å². The van der Waals surface area contributed by atoms with Crippen LogP contribution in [0.1, 0.15) is 38.1 Å². The molecular formula is C16H21ClN2O2. The molecule has 1 aromatic carbocycles. The minimum Gasteiger partial charge on any atom is -0.491 e. The molecule has 0 unspecified atom stereocenters. The number of benzene rings is 1. The summed E-state index contributed by atoms with van der Waals surface area (Å²) in [5, 5.41) is 0. The van der Waals surface area contributed by atoms with Crippen LogP contribution in [0.5, 0.6) is 5.75 Å². The van der Waals surface area contributed by atoms with E-state index < -0.39 is 0 Å². The second kappa shape index (κ2) is 6.24. The van der Waals surface area contributed by atoms with E-state index in [1.54, 1.807) is 7.11 Å². The molecule has 4 nitrogen and oxygen atoms in total. The molecular weight excluding hydrogens is 288 g/mol. The van der Waals surface area contributed by atoms with Gasteiger partial charge in [0.15, 0.2) is 0 Å². The van der Waals surface area contributed by atoms with Crippen molar-refractivity contribution in [2.75, 3.05) is 13.7 Å². The highest BCUT2D eigenvalue weighted by molar-refractivity contribution is 6.16. The first kappa shape index (κ1) is 14.7. The predicted octanol–water partition coefficient (Wildman–Crippen LogP) is 3.91. The predicted molar refractivity (Wildman–Crippen MR) is 84.1 cm³/mol. The number of ether oxygens (including phenoxy) is 2. The average molecular weight is 309 g/mol. The SMILES string of the molecule is CCCOc1cccc2c1nc(CCl)n2C1CC(OC)C1. The molecule has 0 spiro atoms. The summed E-state index contributed by atoms with van der Waals surface area (Å²) in [6.07, 6.45) is 3.38. The van der Waals surface area contributed by atoms with Gasteiger partial charge in [-0.3, -0.25) is 0 Å². The van der Waals surface area contributed by atoms with Crippen LogP contribution in [0.4, 0.5) is 0 Å². The van der Waals surface area contributed by atoms with Crippen molar-refractivity contribution >= 4 is 22.6 Å². The molecule has 1 aliphatic rings. The zero-order chi connectivity index (χ0) is 14.8. The Morgan fingerprint density at radius 1 is 1.38 bits per heavy atom. The summed E-state index contributed by atoms with van der Waals surface area (Å²) in [6, 6.07) is 6.52. The summed E-state index contributed by atoms with van der Waals surface area (Å²) in [5.41, 5.74) is 2.03. The number of imidazole rings is 1. The smallest absolute Gasteiger partial charge is 0.147 e. The zero-order valence-corrected chi connectivity index (χ0v) is 13.3. The molecule has 1 aromatic heterocycles. The van der Waals surface area contributed by atoms with Crippen LogP contribution in [0.25, 0.3) is 11.0 Å². The van der Waals surface area contributed by atoms with E-state index in [-0.39, 0.29) is 0 Å². The summed E-state index contributed by atoms with van der Waals surface area (Å²) >= 11 is 6.10. The molecule has 0 aliphatic heterocycles. The molecule has 0 saturated heterocycles. The third-order valence-corrected chi connectivity index (χ3v) is 4.34. The lowest BCUT2D eigenvalue weighted by Gasteiger charge is -2.36. The first-order valence-corrected chi connectivity index (χ1v) is 8.03. The Morgan fingerprint density at radius 2 is 2.19 bits per heavy atom. The lowest BCUT2D eigenvalue weighted by molar-refractivity contribution is 0.00675. The molecule has 1 aliphatic carbocycles. The van der Waals surface area contributed by atoms with E-state index >= 15 is 0 Å². The van der Waals surface area contributed by atoms with Crippen LogP contribution in [0.3, 0.4) is 0 Å². The van der Waals surface area contributed by atoms with Crippen molar-refractivity contribution in [2.45, 2.75) is 44.2 Å². The molecule has 3 rings (SSSR count). The van der Waals surface area contributed by atoms with E-state index in [1.807, 2.05) is 12.1 Å². The van der Waals surface area contributed by atoms with Crippen LogP contribution >= 0.6 is 11.6 Å². The van der Waals surface area contributed by atoms with Crippen molar-refractivity contribution < 1.29 is 9.47 Å². The molecule has 1 heterocycles. The molecule has 2 aromatic rings. The van der Waals surface area contributed by atoms with E-state index in [9.17, 15) is 0 Å². The van der Waals surface area contributed by atoms with Gasteiger partial charge >= 0.3 is 0 Å². The van der Waals surface area contributed by atoms with Gasteiger partial charge in [0.05, 0.1) is 24.1 Å². The van der Waals surface area contributed by atoms with Gasteiger partial charge in [-0.1, -0.05) is 13.0 Å². The molecule has 0 atom stereocenters. The number of halogens is 1. The average Bonchev–Trinajstić information content (AvgIpc) is 2.83. The maximum absolute atomic E-state index is 6.10. The van der Waals surface area contributed by atoms with Crippen molar-refractivity contribution in [3.05, 3.63) is 24.0 Å². The van der Waals surface area contributed by atoms with Crippen LogP contribution in [-0.4, -0.2) is 29.4 Å². The maximum Gasteiger partial charge on any atom is 0.147 e. The number of nitrogens with zero attached hydrogens (tertiary/aromatic N) is 2. The molecule has 0 radical (unpaired) electrons. The maximum atomic E-state index is 6.10. The summed E-state index contributed by atoms with van der Waals surface area (Å²) in [7, 11) is 1.77. The summed E-state index contributed by atoms with van der Waals surface area (Å²) < 4.78 is 13.5. The first-order valence-electron chi connectivity index (χ1n) is 7.49. The second-order valence-corrected chi connectivity index (χ2v) is 5.75. The van der Waals surface area contributed by atoms with E-state index in [0.29, 0.717) is 24.6 Å². The van der Waals surface area contributed by atoms with Gasteiger partial charge in [-0.05, 0) is 31.4 Å². The second-order valence-electron chi connectivity index (χ2n) is 5.49. The minimum atomic E-state index is 0.357. The summed E-state index contributed by atoms with van der Waals surface area (Å²) in [6.45, 7) is 2.81. The van der Waals surface area contributed by atoms with Gasteiger partial charge < -0.3 is 14.0 Å². The van der Waals surface area contributed by atoms with Gasteiger partial charge in [0.1, 0.15) is 17.1 Å². The van der Waals surface area contributed by atoms with E-state index in [2.05, 4.69) is 17.6 Å². The molecule has 0 N–H and O–H groups in total. The Balaban J connectivity index is 1.99. The normalized spacial score (nSPS) is 21.5. The van der Waals surface area contributed by atoms with Crippen molar-refractivity contribution in [2.24, 2.45) is 0 Å². The van der Waals surface area contributed by atoms with E-state index in [4.69, 9.17) is 26.1 Å². The van der Waals surface area contributed by atoms with Gasteiger partial charge in [-0.25, -0.2) is 4.98 Å². The Bertz CT molecular complexity index is 620. The fourth-order valence-corrected chi connectivity index (χ4v) is 3.10. The standard InChI is InChI=1S/C16H21ClN2O2/c1-3-7-21-14-6-4-5-13-16(14)18-15(10-17)19(13)11-8-12(9-11)20-2/h4-6,11-12H,3,7-10H2,1-2H3. The molecule has 1 saturated carbocycles. The Morgan fingerprint density at radius 3 is 2.86 bits per heavy atom. The van der Waals surface area contributed by atoms with Crippen LogP contribution in [0, 0.1) is 0 Å². The number of alkyl halides is 1. The number of hydrogen-bond donors (Lipinski definition) is 0. The monoisotopic (exact) mass is 308 g/mol. The lowest BCUT2D eigenvalue weighted by Crippen LogP contribution is -2.33. The number of aromatic nitrogens is 2. The molecule has 1 fully saturated rings. The Labute approximate surface area is 130 Å². The number of para-hydroxylation sites is 1. The molecule has 114 valence electrons. The topological polar surface area (TPSA) is 36.3 Å². The van der Waals surface area contributed by atoms with Crippen molar-refractivity contribution in [1.29, 1.82) is 0 Å². The third-order valence-electron chi connectivity index (χ3n) is 4.11. The Hall–Kier alpha value is -1.26. The third kappa shape index (κ3) is 2.62. The van der Waals surface area contributed by atoms with Crippen LogP contribution in [-0.2, 0) is 10.6 Å². The van der Waals surface area contributed by atoms with E-state index in [0.717, 1.165) is 41.9 Å². The zero-order valence-electron chi connectivity index (χ0n) is 12.5. The first-order chi connectivity index (χ1) is 10.3. The largest absolute Gasteiger partial charge is 0.491 e. The minimum absolute atomic E-state index is 0.357. The van der Waals surface area contributed by atoms with E-state index in [1.165, 1.54) is 0 Å². The fraction of sp³-hybridized carbons (Fsp3) is 0.562. The number of methoxy groups -OCH3 is 1. The highest BCUT2D eigenvalue weighted by atomic mass is 35.5. The number of hydrogen-bond acceptors (Lipinski definition) is 3. The van der Waals surface area contributed by atoms with Crippen molar-refractivity contribution in [1.82, 2.24) is 9.55 Å². The van der Waals surface area contributed by atoms with Crippen LogP contribution < -0.4 is 4.74 Å². The summed E-state index contributed by atoms with van der Waals surface area (Å²) in [4.78, 5) is 4.70.